The van der Waals surface area contributed by atoms with Gasteiger partial charge in [-0.2, -0.15) is 0 Å². The van der Waals surface area contributed by atoms with Crippen molar-refractivity contribution in [2.24, 2.45) is 0 Å². The lowest BCUT2D eigenvalue weighted by Crippen LogP contribution is -2.39. The van der Waals surface area contributed by atoms with Gasteiger partial charge in [-0.3, -0.25) is 0 Å². The van der Waals surface area contributed by atoms with Gasteiger partial charge < -0.3 is 14.8 Å². The van der Waals surface area contributed by atoms with Gasteiger partial charge in [-0.1, -0.05) is 0 Å². The van der Waals surface area contributed by atoms with E-state index in [4.69, 9.17) is 9.47 Å². The molecule has 0 bridgehead atoms. The van der Waals surface area contributed by atoms with Crippen LogP contribution in [0, 0.1) is 0 Å². The predicted molar refractivity (Wildman–Crippen MR) is 60.0 cm³/mol. The first-order valence-corrected chi connectivity index (χ1v) is 6.31. The molecule has 0 aromatic heterocycles. The number of ether oxygens (including phenoxy) is 2. The van der Waals surface area contributed by atoms with Crippen molar-refractivity contribution in [2.45, 2.75) is 57.3 Å². The second-order valence-electron chi connectivity index (χ2n) is 4.78. The first-order chi connectivity index (χ1) is 7.34. The highest BCUT2D eigenvalue weighted by Gasteiger charge is 2.20. The standard InChI is InChI=1S/C12H23NO2/c1-10-9-11(5-8-14-10)13-6-4-12-3-2-7-15-12/h10-13H,2-9H2,1H3. The van der Waals surface area contributed by atoms with Crippen LogP contribution >= 0.6 is 0 Å². The van der Waals surface area contributed by atoms with E-state index in [9.17, 15) is 0 Å². The maximum absolute atomic E-state index is 5.60. The van der Waals surface area contributed by atoms with Gasteiger partial charge in [0.2, 0.25) is 0 Å². The van der Waals surface area contributed by atoms with Crippen molar-refractivity contribution in [1.29, 1.82) is 0 Å². The van der Waals surface area contributed by atoms with E-state index in [-0.39, 0.29) is 0 Å². The maximum atomic E-state index is 5.60. The Morgan fingerprint density at radius 1 is 1.20 bits per heavy atom. The second kappa shape index (κ2) is 5.83. The van der Waals surface area contributed by atoms with Crippen molar-refractivity contribution in [3.05, 3.63) is 0 Å². The summed E-state index contributed by atoms with van der Waals surface area (Å²) < 4.78 is 11.1. The number of hydrogen-bond donors (Lipinski definition) is 1. The number of nitrogens with one attached hydrogen (secondary N) is 1. The van der Waals surface area contributed by atoms with Gasteiger partial charge in [0.05, 0.1) is 12.2 Å². The molecule has 0 amide bonds. The summed E-state index contributed by atoms with van der Waals surface area (Å²) in [7, 11) is 0. The van der Waals surface area contributed by atoms with Crippen LogP contribution in [0.15, 0.2) is 0 Å². The zero-order valence-corrected chi connectivity index (χ0v) is 9.71. The third-order valence-electron chi connectivity index (χ3n) is 3.41. The molecule has 0 spiro atoms. The highest BCUT2D eigenvalue weighted by atomic mass is 16.5. The maximum Gasteiger partial charge on any atom is 0.0588 e. The van der Waals surface area contributed by atoms with Gasteiger partial charge in [0.1, 0.15) is 0 Å². The Bertz CT molecular complexity index is 180. The van der Waals surface area contributed by atoms with E-state index in [0.29, 0.717) is 18.2 Å². The molecule has 2 heterocycles. The van der Waals surface area contributed by atoms with Crippen molar-refractivity contribution in [2.75, 3.05) is 19.8 Å². The van der Waals surface area contributed by atoms with Crippen LogP contribution in [-0.4, -0.2) is 38.0 Å². The highest BCUT2D eigenvalue weighted by Crippen LogP contribution is 2.16. The minimum atomic E-state index is 0.430. The van der Waals surface area contributed by atoms with Crippen molar-refractivity contribution < 1.29 is 9.47 Å². The molecule has 0 aromatic carbocycles. The molecular weight excluding hydrogens is 190 g/mol. The Morgan fingerprint density at radius 2 is 2.13 bits per heavy atom. The summed E-state index contributed by atoms with van der Waals surface area (Å²) in [5, 5.41) is 3.62. The van der Waals surface area contributed by atoms with E-state index in [1.165, 1.54) is 19.3 Å². The molecular formula is C12H23NO2. The molecule has 15 heavy (non-hydrogen) atoms. The van der Waals surface area contributed by atoms with E-state index >= 15 is 0 Å². The summed E-state index contributed by atoms with van der Waals surface area (Å²) in [6, 6.07) is 0.662. The fourth-order valence-electron chi connectivity index (χ4n) is 2.50. The topological polar surface area (TPSA) is 30.5 Å². The average molecular weight is 213 g/mol. The van der Waals surface area contributed by atoms with Gasteiger partial charge in [-0.15, -0.1) is 0 Å². The molecule has 1 N–H and O–H groups in total. The summed E-state index contributed by atoms with van der Waals surface area (Å²) in [5.74, 6) is 0. The Hall–Kier alpha value is -0.120. The van der Waals surface area contributed by atoms with Crippen molar-refractivity contribution in [3.8, 4) is 0 Å². The largest absolute Gasteiger partial charge is 0.378 e. The zero-order valence-electron chi connectivity index (χ0n) is 9.71. The monoisotopic (exact) mass is 213 g/mol. The van der Waals surface area contributed by atoms with Gasteiger partial charge in [0.15, 0.2) is 0 Å². The molecule has 3 unspecified atom stereocenters. The summed E-state index contributed by atoms with van der Waals surface area (Å²) >= 11 is 0. The van der Waals surface area contributed by atoms with Crippen LogP contribution in [-0.2, 0) is 9.47 Å². The summed E-state index contributed by atoms with van der Waals surface area (Å²) in [6.45, 7) is 5.15. The summed E-state index contributed by atoms with van der Waals surface area (Å²) in [6.07, 6.45) is 6.95. The van der Waals surface area contributed by atoms with Crippen LogP contribution in [0.1, 0.15) is 39.0 Å². The smallest absolute Gasteiger partial charge is 0.0588 e. The lowest BCUT2D eigenvalue weighted by molar-refractivity contribution is 0.0125. The molecule has 0 aliphatic carbocycles. The molecule has 2 aliphatic rings. The van der Waals surface area contributed by atoms with E-state index in [2.05, 4.69) is 12.2 Å². The molecule has 3 heteroatoms. The van der Waals surface area contributed by atoms with Gasteiger partial charge in [0.25, 0.3) is 0 Å². The molecule has 3 atom stereocenters. The average Bonchev–Trinajstić information content (AvgIpc) is 2.71. The quantitative estimate of drug-likeness (QED) is 0.771. The van der Waals surface area contributed by atoms with E-state index in [1.54, 1.807) is 0 Å². The summed E-state index contributed by atoms with van der Waals surface area (Å²) in [5.41, 5.74) is 0. The first-order valence-electron chi connectivity index (χ1n) is 6.31. The molecule has 2 aliphatic heterocycles. The molecule has 2 saturated heterocycles. The lowest BCUT2D eigenvalue weighted by atomic mass is 10.0. The van der Waals surface area contributed by atoms with Crippen molar-refractivity contribution in [3.63, 3.8) is 0 Å². The van der Waals surface area contributed by atoms with Crippen LogP contribution < -0.4 is 5.32 Å². The predicted octanol–water partition coefficient (Wildman–Crippen LogP) is 1.71. The van der Waals surface area contributed by atoms with Crippen LogP contribution in [0.25, 0.3) is 0 Å². The molecule has 2 rings (SSSR count). The number of hydrogen-bond acceptors (Lipinski definition) is 3. The Labute approximate surface area is 92.5 Å². The van der Waals surface area contributed by atoms with Crippen LogP contribution in [0.5, 0.6) is 0 Å². The van der Waals surface area contributed by atoms with Gasteiger partial charge in [0, 0.05) is 19.3 Å². The molecule has 3 nitrogen and oxygen atoms in total. The molecule has 0 radical (unpaired) electrons. The Balaban J connectivity index is 1.56. The fourth-order valence-corrected chi connectivity index (χ4v) is 2.50. The number of rotatable bonds is 4. The van der Waals surface area contributed by atoms with Gasteiger partial charge >= 0.3 is 0 Å². The minimum Gasteiger partial charge on any atom is -0.378 e. The first kappa shape index (κ1) is 11.4. The third kappa shape index (κ3) is 3.74. The molecule has 88 valence electrons. The fraction of sp³-hybridized carbons (Fsp3) is 1.00. The molecule has 2 fully saturated rings. The highest BCUT2D eigenvalue weighted by molar-refractivity contribution is 4.75. The second-order valence-corrected chi connectivity index (χ2v) is 4.78. The van der Waals surface area contributed by atoms with Crippen molar-refractivity contribution in [1.82, 2.24) is 5.32 Å². The van der Waals surface area contributed by atoms with E-state index < -0.39 is 0 Å². The van der Waals surface area contributed by atoms with Crippen molar-refractivity contribution >= 4 is 0 Å². The van der Waals surface area contributed by atoms with Gasteiger partial charge in [-0.25, -0.2) is 0 Å². The molecule has 0 aromatic rings. The van der Waals surface area contributed by atoms with Crippen LogP contribution in [0.2, 0.25) is 0 Å². The Morgan fingerprint density at radius 3 is 2.87 bits per heavy atom. The van der Waals surface area contributed by atoms with E-state index in [0.717, 1.165) is 32.6 Å². The van der Waals surface area contributed by atoms with Crippen LogP contribution in [0.3, 0.4) is 0 Å². The zero-order chi connectivity index (χ0) is 10.5. The molecule has 0 saturated carbocycles. The Kier molecular flexibility index (Phi) is 4.42. The SMILES string of the molecule is CC1CC(NCCC2CCCO2)CCO1. The normalized spacial score (nSPS) is 37.0. The summed E-state index contributed by atoms with van der Waals surface area (Å²) in [4.78, 5) is 0. The van der Waals surface area contributed by atoms with E-state index in [1.807, 2.05) is 0 Å². The lowest BCUT2D eigenvalue weighted by Gasteiger charge is -2.28. The van der Waals surface area contributed by atoms with Gasteiger partial charge in [-0.05, 0) is 45.6 Å². The third-order valence-corrected chi connectivity index (χ3v) is 3.41. The van der Waals surface area contributed by atoms with Crippen LogP contribution in [0.4, 0.5) is 0 Å². The minimum absolute atomic E-state index is 0.430.